The van der Waals surface area contributed by atoms with Crippen LogP contribution in [-0.2, 0) is 0 Å². The molecule has 0 aliphatic carbocycles. The van der Waals surface area contributed by atoms with Gasteiger partial charge in [0.15, 0.2) is 0 Å². The predicted octanol–water partition coefficient (Wildman–Crippen LogP) is 5.72. The highest BCUT2D eigenvalue weighted by atomic mass is 32.1. The number of thiophene rings is 1. The maximum absolute atomic E-state index is 6.52. The highest BCUT2D eigenvalue weighted by molar-refractivity contribution is 7.25. The van der Waals surface area contributed by atoms with Gasteiger partial charge in [-0.2, -0.15) is 0 Å². The van der Waals surface area contributed by atoms with E-state index in [2.05, 4.69) is 202 Å². The lowest BCUT2D eigenvalue weighted by atomic mass is 9.61. The summed E-state index contributed by atoms with van der Waals surface area (Å²) in [7, 11) is 11.4. The molecule has 0 fully saturated rings. The number of hydrogen-bond donors (Lipinski definition) is 0. The molecule has 56 heavy (non-hydrogen) atoms. The van der Waals surface area contributed by atoms with Crippen molar-refractivity contribution in [2.45, 2.75) is 0 Å². The zero-order valence-electron chi connectivity index (χ0n) is 32.3. The van der Waals surface area contributed by atoms with Gasteiger partial charge in [0.1, 0.15) is 50.4 Å². The molecule has 8 heteroatoms. The SMILES string of the molecule is Bc1c(B)c(B)c(N(c2cccc(-c3ccc4sc5ccccc5c4c3)c2)c2cccc(-c3ccccc3)c2-c2cccc3oc4ccccc4c23)c(B)c1B. The number of anilines is 3. The third-order valence-corrected chi connectivity index (χ3v) is 13.2. The van der Waals surface area contributed by atoms with Gasteiger partial charge in [-0.1, -0.05) is 131 Å². The van der Waals surface area contributed by atoms with Gasteiger partial charge in [-0.3, -0.25) is 0 Å². The van der Waals surface area contributed by atoms with Crippen molar-refractivity contribution in [2.75, 3.05) is 4.90 Å². The first-order valence-corrected chi connectivity index (χ1v) is 20.2. The molecule has 0 atom stereocenters. The van der Waals surface area contributed by atoms with Crippen LogP contribution in [0.25, 0.3) is 75.5 Å². The quantitative estimate of drug-likeness (QED) is 0.204. The molecule has 0 spiro atoms. The third-order valence-electron chi connectivity index (χ3n) is 12.0. The molecule has 0 unspecified atom stereocenters. The summed E-state index contributed by atoms with van der Waals surface area (Å²) in [6.07, 6.45) is 0. The molecule has 0 aliphatic rings. The van der Waals surface area contributed by atoms with Crippen LogP contribution in [0.3, 0.4) is 0 Å². The highest BCUT2D eigenvalue weighted by Gasteiger charge is 2.26. The maximum atomic E-state index is 6.52. The van der Waals surface area contributed by atoms with Crippen molar-refractivity contribution >= 4 is 137 Å². The molecular weight excluding hydrogens is 693 g/mol. The van der Waals surface area contributed by atoms with Crippen LogP contribution in [0.1, 0.15) is 0 Å². The minimum absolute atomic E-state index is 0.886. The predicted molar refractivity (Wildman–Crippen MR) is 258 cm³/mol. The van der Waals surface area contributed by atoms with E-state index in [1.54, 1.807) is 0 Å². The summed E-state index contributed by atoms with van der Waals surface area (Å²) in [6, 6.07) is 57.4. The second kappa shape index (κ2) is 13.6. The fourth-order valence-electron chi connectivity index (χ4n) is 8.79. The van der Waals surface area contributed by atoms with Crippen LogP contribution in [0.5, 0.6) is 0 Å². The summed E-state index contributed by atoms with van der Waals surface area (Å²) in [5.74, 6) is 0. The molecule has 0 amide bonds. The fraction of sp³-hybridized carbons (Fsp3) is 0. The lowest BCUT2D eigenvalue weighted by Gasteiger charge is -2.34. The standard InChI is InChI=1S/C48H36B5NOS/c49-43-44(50)46(52)48(47(53)45(43)51)54(30-14-8-13-28(25-30)29-23-24-40-35(26-29)32-15-5-7-22-39(32)56-40)36-19-9-17-31(27-11-2-1-3-12-27)41(36)34-18-10-21-38-42(34)33-16-4-6-20-37(33)55-38/h1-26H,49-53H2. The Bertz CT molecular complexity index is 3140. The molecule has 10 rings (SSSR count). The first kappa shape index (κ1) is 34.4. The van der Waals surface area contributed by atoms with Gasteiger partial charge in [-0.15, -0.1) is 16.8 Å². The Hall–Kier alpha value is -6.10. The summed E-state index contributed by atoms with van der Waals surface area (Å²) in [4.78, 5) is 2.54. The Morgan fingerprint density at radius 1 is 0.429 bits per heavy atom. The Kier molecular flexibility index (Phi) is 8.34. The molecule has 10 aromatic rings. The van der Waals surface area contributed by atoms with Crippen molar-refractivity contribution in [2.24, 2.45) is 0 Å². The molecule has 2 heterocycles. The third kappa shape index (κ3) is 5.46. The van der Waals surface area contributed by atoms with E-state index in [-0.39, 0.29) is 0 Å². The van der Waals surface area contributed by atoms with Gasteiger partial charge in [-0.05, 0) is 76.3 Å². The van der Waals surface area contributed by atoms with Gasteiger partial charge in [-0.25, -0.2) is 0 Å². The Morgan fingerprint density at radius 3 is 1.86 bits per heavy atom. The van der Waals surface area contributed by atoms with Crippen LogP contribution in [0.15, 0.2) is 162 Å². The molecule has 260 valence electrons. The smallest absolute Gasteiger partial charge is 0.141 e. The molecule has 0 saturated heterocycles. The zero-order valence-corrected chi connectivity index (χ0v) is 33.1. The molecule has 0 saturated carbocycles. The summed E-state index contributed by atoms with van der Waals surface area (Å²) >= 11 is 1.86. The normalized spacial score (nSPS) is 11.6. The largest absolute Gasteiger partial charge is 0.456 e. The first-order chi connectivity index (χ1) is 27.4. The summed E-state index contributed by atoms with van der Waals surface area (Å²) in [5.41, 5.74) is 18.8. The van der Waals surface area contributed by atoms with E-state index >= 15 is 0 Å². The van der Waals surface area contributed by atoms with E-state index in [1.165, 1.54) is 81.0 Å². The lowest BCUT2D eigenvalue weighted by Crippen LogP contribution is -2.56. The van der Waals surface area contributed by atoms with Crippen LogP contribution in [0.4, 0.5) is 17.1 Å². The maximum Gasteiger partial charge on any atom is 0.141 e. The van der Waals surface area contributed by atoms with Gasteiger partial charge >= 0.3 is 0 Å². The number of para-hydroxylation sites is 1. The van der Waals surface area contributed by atoms with Crippen molar-refractivity contribution in [1.29, 1.82) is 0 Å². The molecular formula is C48H36B5NOS. The van der Waals surface area contributed by atoms with Crippen LogP contribution in [-0.4, -0.2) is 39.2 Å². The number of rotatable bonds is 6. The molecule has 0 bridgehead atoms. The van der Waals surface area contributed by atoms with E-state index in [9.17, 15) is 0 Å². The van der Waals surface area contributed by atoms with E-state index < -0.39 is 0 Å². The highest BCUT2D eigenvalue weighted by Crippen LogP contribution is 2.48. The topological polar surface area (TPSA) is 16.4 Å². The average molecular weight is 729 g/mol. The van der Waals surface area contributed by atoms with Crippen LogP contribution >= 0.6 is 11.3 Å². The van der Waals surface area contributed by atoms with Gasteiger partial charge < -0.3 is 9.32 Å². The van der Waals surface area contributed by atoms with Crippen molar-refractivity contribution in [3.63, 3.8) is 0 Å². The first-order valence-electron chi connectivity index (χ1n) is 19.4. The van der Waals surface area contributed by atoms with Gasteiger partial charge in [0.05, 0.1) is 5.69 Å². The van der Waals surface area contributed by atoms with E-state index in [1.807, 2.05) is 11.3 Å². The number of benzene rings is 8. The van der Waals surface area contributed by atoms with Crippen molar-refractivity contribution in [3.8, 4) is 33.4 Å². The minimum atomic E-state index is 0.886. The minimum Gasteiger partial charge on any atom is -0.456 e. The summed E-state index contributed by atoms with van der Waals surface area (Å²) in [5, 5.41) is 4.86. The Morgan fingerprint density at radius 2 is 1.04 bits per heavy atom. The zero-order chi connectivity index (χ0) is 38.1. The number of nitrogens with zero attached hydrogens (tertiary/aromatic N) is 1. The Balaban J connectivity index is 1.29. The molecule has 0 aliphatic heterocycles. The van der Waals surface area contributed by atoms with Crippen LogP contribution in [0.2, 0.25) is 0 Å². The number of hydrogen-bond acceptors (Lipinski definition) is 3. The van der Waals surface area contributed by atoms with E-state index in [0.717, 1.165) is 38.9 Å². The molecule has 2 nitrogen and oxygen atoms in total. The molecule has 2 aromatic heterocycles. The number of furan rings is 1. The molecule has 0 radical (unpaired) electrons. The second-order valence-electron chi connectivity index (χ2n) is 15.0. The fourth-order valence-corrected chi connectivity index (χ4v) is 9.87. The van der Waals surface area contributed by atoms with E-state index in [0.29, 0.717) is 0 Å². The molecule has 0 N–H and O–H groups in total. The van der Waals surface area contributed by atoms with Crippen molar-refractivity contribution in [3.05, 3.63) is 158 Å². The summed E-state index contributed by atoms with van der Waals surface area (Å²) in [6.45, 7) is 0. The van der Waals surface area contributed by atoms with Crippen molar-refractivity contribution < 1.29 is 4.42 Å². The number of fused-ring (bicyclic) bond motifs is 6. The van der Waals surface area contributed by atoms with Crippen LogP contribution < -0.4 is 32.2 Å². The van der Waals surface area contributed by atoms with Gasteiger partial charge in [0.25, 0.3) is 0 Å². The lowest BCUT2D eigenvalue weighted by molar-refractivity contribution is 0.669. The van der Waals surface area contributed by atoms with E-state index in [4.69, 9.17) is 4.42 Å². The summed E-state index contributed by atoms with van der Waals surface area (Å²) < 4.78 is 9.15. The van der Waals surface area contributed by atoms with Crippen LogP contribution in [0, 0.1) is 0 Å². The molecule has 8 aromatic carbocycles. The Labute approximate surface area is 335 Å². The average Bonchev–Trinajstić information content (AvgIpc) is 3.82. The monoisotopic (exact) mass is 729 g/mol. The van der Waals surface area contributed by atoms with Gasteiger partial charge in [0.2, 0.25) is 0 Å². The second-order valence-corrected chi connectivity index (χ2v) is 16.1. The van der Waals surface area contributed by atoms with Crippen molar-refractivity contribution in [1.82, 2.24) is 0 Å². The van der Waals surface area contributed by atoms with Gasteiger partial charge in [0, 0.05) is 47.9 Å².